The molecule has 0 aliphatic heterocycles. The van der Waals surface area contributed by atoms with Crippen molar-refractivity contribution in [1.29, 1.82) is 0 Å². The molecule has 7 aromatic carbocycles. The van der Waals surface area contributed by atoms with Crippen molar-refractivity contribution in [2.24, 2.45) is 0 Å². The summed E-state index contributed by atoms with van der Waals surface area (Å²) in [4.78, 5) is 14.9. The highest BCUT2D eigenvalue weighted by Crippen LogP contribution is 2.56. The van der Waals surface area contributed by atoms with Crippen molar-refractivity contribution < 1.29 is 0 Å². The van der Waals surface area contributed by atoms with Gasteiger partial charge in [-0.1, -0.05) is 153 Å². The van der Waals surface area contributed by atoms with Gasteiger partial charge in [0, 0.05) is 42.3 Å². The van der Waals surface area contributed by atoms with E-state index in [4.69, 9.17) is 15.0 Å². The second-order valence-corrected chi connectivity index (χ2v) is 15.1. The molecule has 10 rings (SSSR count). The molecule has 1 aliphatic rings. The average Bonchev–Trinajstić information content (AvgIpc) is 3.70. The monoisotopic (exact) mass is 683 g/mol. The van der Waals surface area contributed by atoms with Gasteiger partial charge in [0.1, 0.15) is 0 Å². The van der Waals surface area contributed by atoms with Crippen molar-refractivity contribution in [3.63, 3.8) is 0 Å². The zero-order valence-corrected chi connectivity index (χ0v) is 29.7. The quantitative estimate of drug-likeness (QED) is 0.181. The molecular weight excluding hydrogens is 651 g/mol. The topological polar surface area (TPSA) is 38.7 Å². The zero-order chi connectivity index (χ0) is 34.8. The lowest BCUT2D eigenvalue weighted by molar-refractivity contribution is 0.661. The van der Waals surface area contributed by atoms with Crippen LogP contribution in [0.5, 0.6) is 0 Å². The molecule has 0 atom stereocenters. The maximum atomic E-state index is 5.00. The van der Waals surface area contributed by atoms with Crippen LogP contribution < -0.4 is 0 Å². The maximum absolute atomic E-state index is 5.00. The molecule has 0 saturated heterocycles. The van der Waals surface area contributed by atoms with Gasteiger partial charge in [0.25, 0.3) is 0 Å². The Bertz CT molecular complexity index is 2760. The predicted molar refractivity (Wildman–Crippen MR) is 217 cm³/mol. The fourth-order valence-corrected chi connectivity index (χ4v) is 9.17. The molecule has 0 spiro atoms. The molecule has 52 heavy (non-hydrogen) atoms. The SMILES string of the molecule is CC1(C)c2ccccc2-c2c1cc(-c1cccc(-c3cccc(-c4nc(-c5ccccc5)nc(-c5ccccc5)n4)c3)c1)c1sc3ccccc3c21. The first-order chi connectivity index (χ1) is 25.5. The van der Waals surface area contributed by atoms with E-state index < -0.39 is 0 Å². The van der Waals surface area contributed by atoms with Gasteiger partial charge in [-0.05, 0) is 68.8 Å². The van der Waals surface area contributed by atoms with Crippen LogP contribution in [0.25, 0.3) is 87.7 Å². The van der Waals surface area contributed by atoms with E-state index >= 15 is 0 Å². The minimum absolute atomic E-state index is 0.106. The second kappa shape index (κ2) is 11.9. The van der Waals surface area contributed by atoms with Crippen LogP contribution in [-0.4, -0.2) is 15.0 Å². The summed E-state index contributed by atoms with van der Waals surface area (Å²) in [7, 11) is 0. The number of thiophene rings is 1. The molecule has 1 aliphatic carbocycles. The van der Waals surface area contributed by atoms with E-state index in [1.165, 1.54) is 53.6 Å². The highest BCUT2D eigenvalue weighted by Gasteiger charge is 2.37. The van der Waals surface area contributed by atoms with E-state index in [1.807, 2.05) is 72.0 Å². The normalized spacial score (nSPS) is 13.0. The van der Waals surface area contributed by atoms with Gasteiger partial charge in [0.05, 0.1) is 0 Å². The number of benzene rings is 7. The van der Waals surface area contributed by atoms with Crippen molar-refractivity contribution in [2.75, 3.05) is 0 Å². The third kappa shape index (κ3) is 4.90. The van der Waals surface area contributed by atoms with Gasteiger partial charge in [0.15, 0.2) is 17.5 Å². The molecule has 0 bridgehead atoms. The summed E-state index contributed by atoms with van der Waals surface area (Å²) in [6.07, 6.45) is 0. The molecule has 2 heterocycles. The highest BCUT2D eigenvalue weighted by atomic mass is 32.1. The van der Waals surface area contributed by atoms with E-state index in [9.17, 15) is 0 Å². The number of hydrogen-bond acceptors (Lipinski definition) is 4. The molecule has 0 fully saturated rings. The van der Waals surface area contributed by atoms with E-state index in [0.717, 1.165) is 27.8 Å². The predicted octanol–water partition coefficient (Wildman–Crippen LogP) is 12.9. The zero-order valence-electron chi connectivity index (χ0n) is 28.8. The molecular formula is C48H33N3S. The van der Waals surface area contributed by atoms with Gasteiger partial charge in [-0.3, -0.25) is 0 Å². The highest BCUT2D eigenvalue weighted by molar-refractivity contribution is 7.26. The summed E-state index contributed by atoms with van der Waals surface area (Å²) < 4.78 is 2.66. The van der Waals surface area contributed by atoms with Crippen LogP contribution in [0.15, 0.2) is 164 Å². The van der Waals surface area contributed by atoms with E-state index in [0.29, 0.717) is 17.5 Å². The lowest BCUT2D eigenvalue weighted by Crippen LogP contribution is -2.15. The molecule has 0 N–H and O–H groups in total. The summed E-state index contributed by atoms with van der Waals surface area (Å²) in [5.74, 6) is 1.97. The molecule has 246 valence electrons. The Kier molecular flexibility index (Phi) is 7.02. The van der Waals surface area contributed by atoms with Crippen molar-refractivity contribution >= 4 is 31.5 Å². The molecule has 4 heteroatoms. The van der Waals surface area contributed by atoms with Crippen LogP contribution >= 0.6 is 11.3 Å². The Morgan fingerprint density at radius 3 is 1.63 bits per heavy atom. The lowest BCUT2D eigenvalue weighted by Gasteiger charge is -2.22. The van der Waals surface area contributed by atoms with Gasteiger partial charge in [-0.15, -0.1) is 11.3 Å². The van der Waals surface area contributed by atoms with Gasteiger partial charge >= 0.3 is 0 Å². The molecule has 0 unspecified atom stereocenters. The van der Waals surface area contributed by atoms with Gasteiger partial charge < -0.3 is 0 Å². The third-order valence-corrected chi connectivity index (χ3v) is 11.7. The van der Waals surface area contributed by atoms with Crippen LogP contribution in [-0.2, 0) is 5.41 Å². The summed E-state index contributed by atoms with van der Waals surface area (Å²) in [5, 5.41) is 2.70. The summed E-state index contributed by atoms with van der Waals surface area (Å²) in [5.41, 5.74) is 13.1. The second-order valence-electron chi connectivity index (χ2n) is 14.0. The van der Waals surface area contributed by atoms with Crippen LogP contribution in [0.2, 0.25) is 0 Å². The van der Waals surface area contributed by atoms with E-state index in [2.05, 4.69) is 117 Å². The van der Waals surface area contributed by atoms with Crippen LogP contribution in [0.4, 0.5) is 0 Å². The van der Waals surface area contributed by atoms with Gasteiger partial charge in [0.2, 0.25) is 0 Å². The standard InChI is InChI=1S/C48H33N3S/c1-48(2)39-25-11-9-23-36(39)42-40(48)29-38(44-43(42)37-24-10-12-26-41(37)52-44)34-21-13-19-32(27-34)33-20-14-22-35(28-33)47-50-45(30-15-5-3-6-16-30)49-46(51-47)31-17-7-4-8-18-31/h3-29H,1-2H3. The Morgan fingerprint density at radius 1 is 0.423 bits per heavy atom. The number of aromatic nitrogens is 3. The summed E-state index contributed by atoms with van der Waals surface area (Å²) in [6.45, 7) is 4.74. The largest absolute Gasteiger partial charge is 0.208 e. The van der Waals surface area contributed by atoms with Crippen molar-refractivity contribution in [3.8, 4) is 67.5 Å². The van der Waals surface area contributed by atoms with Crippen LogP contribution in [0, 0.1) is 0 Å². The summed E-state index contributed by atoms with van der Waals surface area (Å²) >= 11 is 1.90. The van der Waals surface area contributed by atoms with Crippen molar-refractivity contribution in [1.82, 2.24) is 15.0 Å². The van der Waals surface area contributed by atoms with Crippen LogP contribution in [0.1, 0.15) is 25.0 Å². The smallest absolute Gasteiger partial charge is 0.164 e. The summed E-state index contributed by atoms with van der Waals surface area (Å²) in [6, 6.07) is 58.2. The number of rotatable bonds is 5. The lowest BCUT2D eigenvalue weighted by atomic mass is 9.81. The maximum Gasteiger partial charge on any atom is 0.164 e. The molecule has 3 nitrogen and oxygen atoms in total. The molecule has 0 saturated carbocycles. The van der Waals surface area contributed by atoms with Crippen LogP contribution in [0.3, 0.4) is 0 Å². The number of hydrogen-bond donors (Lipinski definition) is 0. The third-order valence-electron chi connectivity index (χ3n) is 10.5. The molecule has 2 aromatic heterocycles. The van der Waals surface area contributed by atoms with Crippen molar-refractivity contribution in [3.05, 3.63) is 175 Å². The Labute approximate surface area is 307 Å². The minimum Gasteiger partial charge on any atom is -0.208 e. The molecule has 9 aromatic rings. The number of fused-ring (bicyclic) bond motifs is 7. The molecule has 0 amide bonds. The van der Waals surface area contributed by atoms with Gasteiger partial charge in [-0.25, -0.2) is 15.0 Å². The first kappa shape index (κ1) is 30.6. The minimum atomic E-state index is -0.106. The van der Waals surface area contributed by atoms with E-state index in [-0.39, 0.29) is 5.41 Å². The Morgan fingerprint density at radius 2 is 0.942 bits per heavy atom. The molecule has 0 radical (unpaired) electrons. The van der Waals surface area contributed by atoms with E-state index in [1.54, 1.807) is 0 Å². The average molecular weight is 684 g/mol. The fourth-order valence-electron chi connectivity index (χ4n) is 7.92. The number of nitrogens with zero attached hydrogens (tertiary/aromatic N) is 3. The fraction of sp³-hybridized carbons (Fsp3) is 0.0625. The van der Waals surface area contributed by atoms with Crippen molar-refractivity contribution in [2.45, 2.75) is 19.3 Å². The van der Waals surface area contributed by atoms with Gasteiger partial charge in [-0.2, -0.15) is 0 Å². The Balaban J connectivity index is 1.12. The first-order valence-corrected chi connectivity index (χ1v) is 18.5. The first-order valence-electron chi connectivity index (χ1n) is 17.7. The Hall–Kier alpha value is -6.23.